The van der Waals surface area contributed by atoms with E-state index in [1.807, 2.05) is 42.5 Å². The summed E-state index contributed by atoms with van der Waals surface area (Å²) >= 11 is 4.77. The van der Waals surface area contributed by atoms with E-state index in [4.69, 9.17) is 4.42 Å². The van der Waals surface area contributed by atoms with Crippen LogP contribution in [-0.4, -0.2) is 5.91 Å². The molecule has 0 spiro atoms. The Morgan fingerprint density at radius 2 is 1.77 bits per heavy atom. The van der Waals surface area contributed by atoms with Crippen molar-refractivity contribution < 1.29 is 9.21 Å². The number of benzene rings is 2. The van der Waals surface area contributed by atoms with Crippen LogP contribution in [0, 0.1) is 0 Å². The SMILES string of the molecule is O=C(Nc1sc2ccccc2c(=O)c1-c1ccc(Br)cc1)c1ccco1. The summed E-state index contributed by atoms with van der Waals surface area (Å²) in [7, 11) is 0. The van der Waals surface area contributed by atoms with Crippen LogP contribution in [-0.2, 0) is 0 Å². The Hall–Kier alpha value is -2.70. The molecule has 0 atom stereocenters. The first-order chi connectivity index (χ1) is 12.6. The molecule has 0 unspecified atom stereocenters. The lowest BCUT2D eigenvalue weighted by atomic mass is 10.1. The first-order valence-electron chi connectivity index (χ1n) is 7.80. The topological polar surface area (TPSA) is 59.3 Å². The molecule has 0 aliphatic carbocycles. The Morgan fingerprint density at radius 1 is 1.00 bits per heavy atom. The van der Waals surface area contributed by atoms with Gasteiger partial charge < -0.3 is 9.73 Å². The van der Waals surface area contributed by atoms with Crippen LogP contribution in [0.5, 0.6) is 0 Å². The quantitative estimate of drug-likeness (QED) is 0.468. The molecule has 0 bridgehead atoms. The summed E-state index contributed by atoms with van der Waals surface area (Å²) in [6.07, 6.45) is 1.44. The number of fused-ring (bicyclic) bond motifs is 1. The van der Waals surface area contributed by atoms with Gasteiger partial charge in [0.2, 0.25) is 0 Å². The summed E-state index contributed by atoms with van der Waals surface area (Å²) in [5.74, 6) is -0.196. The fourth-order valence-electron chi connectivity index (χ4n) is 2.68. The van der Waals surface area contributed by atoms with Crippen molar-refractivity contribution in [2.45, 2.75) is 0 Å². The predicted octanol–water partition coefficient (Wildman–Crippen LogP) is 5.54. The third-order valence-corrected chi connectivity index (χ3v) is 5.52. The highest BCUT2D eigenvalue weighted by atomic mass is 79.9. The number of carbonyl (C=O) groups excluding carboxylic acids is 1. The number of halogens is 1. The van der Waals surface area contributed by atoms with E-state index >= 15 is 0 Å². The number of nitrogens with one attached hydrogen (secondary N) is 1. The number of hydrogen-bond acceptors (Lipinski definition) is 4. The molecule has 0 aliphatic rings. The fourth-order valence-corrected chi connectivity index (χ4v) is 4.04. The molecule has 2 aromatic heterocycles. The first kappa shape index (κ1) is 16.8. The van der Waals surface area contributed by atoms with E-state index in [9.17, 15) is 9.59 Å². The van der Waals surface area contributed by atoms with Gasteiger partial charge in [-0.2, -0.15) is 0 Å². The molecule has 1 N–H and O–H groups in total. The van der Waals surface area contributed by atoms with Gasteiger partial charge in [-0.1, -0.05) is 40.2 Å². The summed E-state index contributed by atoms with van der Waals surface area (Å²) < 4.78 is 6.88. The largest absolute Gasteiger partial charge is 0.459 e. The Bertz CT molecular complexity index is 1150. The van der Waals surface area contributed by atoms with Crippen molar-refractivity contribution in [2.24, 2.45) is 0 Å². The molecule has 1 amide bonds. The number of furan rings is 1. The predicted molar refractivity (Wildman–Crippen MR) is 108 cm³/mol. The zero-order chi connectivity index (χ0) is 18.1. The molecule has 128 valence electrons. The molecule has 2 heterocycles. The Labute approximate surface area is 161 Å². The average Bonchev–Trinajstić information content (AvgIpc) is 3.18. The molecule has 0 radical (unpaired) electrons. The Kier molecular flexibility index (Phi) is 4.44. The molecule has 6 heteroatoms. The molecule has 0 saturated heterocycles. The maximum atomic E-state index is 13.1. The highest BCUT2D eigenvalue weighted by Gasteiger charge is 2.18. The van der Waals surface area contributed by atoms with Crippen molar-refractivity contribution in [3.63, 3.8) is 0 Å². The fraction of sp³-hybridized carbons (Fsp3) is 0. The lowest BCUT2D eigenvalue weighted by molar-refractivity contribution is 0.0997. The molecule has 4 nitrogen and oxygen atoms in total. The van der Waals surface area contributed by atoms with Gasteiger partial charge in [0.1, 0.15) is 5.00 Å². The van der Waals surface area contributed by atoms with Crippen molar-refractivity contribution in [2.75, 3.05) is 5.32 Å². The normalized spacial score (nSPS) is 10.8. The van der Waals surface area contributed by atoms with Crippen molar-refractivity contribution in [3.8, 4) is 11.1 Å². The first-order valence-corrected chi connectivity index (χ1v) is 9.41. The van der Waals surface area contributed by atoms with Crippen LogP contribution in [0.1, 0.15) is 10.6 Å². The van der Waals surface area contributed by atoms with Gasteiger partial charge in [-0.25, -0.2) is 0 Å². The lowest BCUT2D eigenvalue weighted by Gasteiger charge is -2.11. The van der Waals surface area contributed by atoms with E-state index in [0.29, 0.717) is 16.0 Å². The van der Waals surface area contributed by atoms with Crippen LogP contribution in [0.2, 0.25) is 0 Å². The highest BCUT2D eigenvalue weighted by Crippen LogP contribution is 2.34. The molecule has 2 aromatic carbocycles. The van der Waals surface area contributed by atoms with Crippen molar-refractivity contribution in [1.29, 1.82) is 0 Å². The third-order valence-electron chi connectivity index (χ3n) is 3.90. The molecular weight excluding hydrogens is 414 g/mol. The minimum absolute atomic E-state index is 0.114. The van der Waals surface area contributed by atoms with Gasteiger partial charge in [0.05, 0.1) is 11.8 Å². The van der Waals surface area contributed by atoms with Crippen LogP contribution < -0.4 is 10.7 Å². The smallest absolute Gasteiger partial charge is 0.291 e. The van der Waals surface area contributed by atoms with E-state index in [2.05, 4.69) is 21.2 Å². The van der Waals surface area contributed by atoms with Gasteiger partial charge >= 0.3 is 0 Å². The van der Waals surface area contributed by atoms with Crippen molar-refractivity contribution in [3.05, 3.63) is 87.4 Å². The van der Waals surface area contributed by atoms with E-state index in [-0.39, 0.29) is 17.1 Å². The summed E-state index contributed by atoms with van der Waals surface area (Å²) in [5, 5.41) is 3.96. The second-order valence-corrected chi connectivity index (χ2v) is 7.54. The molecule has 0 saturated carbocycles. The van der Waals surface area contributed by atoms with Gasteiger partial charge in [0.15, 0.2) is 11.2 Å². The van der Waals surface area contributed by atoms with Crippen molar-refractivity contribution in [1.82, 2.24) is 0 Å². The van der Waals surface area contributed by atoms with Gasteiger partial charge in [0, 0.05) is 14.6 Å². The summed E-state index contributed by atoms with van der Waals surface area (Å²) in [6.45, 7) is 0. The van der Waals surface area contributed by atoms with E-state index in [1.54, 1.807) is 18.2 Å². The van der Waals surface area contributed by atoms with Gasteiger partial charge in [-0.15, -0.1) is 11.3 Å². The number of anilines is 1. The minimum Gasteiger partial charge on any atom is -0.459 e. The summed E-state index contributed by atoms with van der Waals surface area (Å²) in [5.41, 5.74) is 1.10. The molecule has 0 fully saturated rings. The van der Waals surface area contributed by atoms with Crippen LogP contribution in [0.3, 0.4) is 0 Å². The van der Waals surface area contributed by atoms with Crippen LogP contribution in [0.4, 0.5) is 5.00 Å². The van der Waals surface area contributed by atoms with E-state index in [1.165, 1.54) is 17.6 Å². The standard InChI is InChI=1S/C20H12BrNO3S/c21-13-9-7-12(8-10-13)17-18(23)14-4-1-2-6-16(14)26-20(17)22-19(24)15-5-3-11-25-15/h1-11H,(H,22,24). The summed E-state index contributed by atoms with van der Waals surface area (Å²) in [6, 6.07) is 18.0. The molecule has 0 aliphatic heterocycles. The van der Waals surface area contributed by atoms with Crippen molar-refractivity contribution >= 4 is 48.3 Å². The number of rotatable bonds is 3. The maximum absolute atomic E-state index is 13.1. The second kappa shape index (κ2) is 6.90. The number of carbonyl (C=O) groups is 1. The zero-order valence-electron chi connectivity index (χ0n) is 13.4. The average molecular weight is 426 g/mol. The zero-order valence-corrected chi connectivity index (χ0v) is 15.8. The maximum Gasteiger partial charge on any atom is 0.291 e. The van der Waals surface area contributed by atoms with E-state index in [0.717, 1.165) is 14.7 Å². The van der Waals surface area contributed by atoms with Crippen LogP contribution in [0.15, 0.2) is 80.6 Å². The molecule has 4 aromatic rings. The third kappa shape index (κ3) is 3.09. The minimum atomic E-state index is -0.390. The number of hydrogen-bond donors (Lipinski definition) is 1. The van der Waals surface area contributed by atoms with Gasteiger partial charge in [-0.3, -0.25) is 9.59 Å². The van der Waals surface area contributed by atoms with Crippen LogP contribution >= 0.6 is 27.3 Å². The van der Waals surface area contributed by atoms with Crippen LogP contribution in [0.25, 0.3) is 21.2 Å². The summed E-state index contributed by atoms with van der Waals surface area (Å²) in [4.78, 5) is 25.6. The van der Waals surface area contributed by atoms with E-state index < -0.39 is 0 Å². The number of amides is 1. The molecular formula is C20H12BrNO3S. The van der Waals surface area contributed by atoms with Gasteiger partial charge in [0.25, 0.3) is 5.91 Å². The monoisotopic (exact) mass is 425 g/mol. The molecule has 4 rings (SSSR count). The Balaban J connectivity index is 1.92. The lowest BCUT2D eigenvalue weighted by Crippen LogP contribution is -2.15. The van der Waals surface area contributed by atoms with Gasteiger partial charge in [-0.05, 0) is 42.0 Å². The Morgan fingerprint density at radius 3 is 2.50 bits per heavy atom. The highest BCUT2D eigenvalue weighted by molar-refractivity contribution is 9.10. The molecule has 26 heavy (non-hydrogen) atoms. The second-order valence-electron chi connectivity index (χ2n) is 5.57.